The second-order valence-electron chi connectivity index (χ2n) is 6.89. The quantitative estimate of drug-likeness (QED) is 0.522. The Hall–Kier alpha value is -4.33. The lowest BCUT2D eigenvalue weighted by molar-refractivity contribution is 0.0998. The Morgan fingerprint density at radius 2 is 1.74 bits per heavy atom. The number of carbonyl (C=O) groups excluding carboxylic acids is 2. The maximum atomic E-state index is 13.2. The minimum absolute atomic E-state index is 0.0680. The first-order valence-corrected chi connectivity index (χ1v) is 9.36. The summed E-state index contributed by atoms with van der Waals surface area (Å²) in [7, 11) is 0. The molecule has 4 aromatic rings. The summed E-state index contributed by atoms with van der Waals surface area (Å²) in [4.78, 5) is 41.5. The van der Waals surface area contributed by atoms with Gasteiger partial charge in [-0.3, -0.25) is 19.0 Å². The maximum Gasteiger partial charge on any atom is 0.265 e. The van der Waals surface area contributed by atoms with Crippen molar-refractivity contribution < 1.29 is 14.0 Å². The fraction of sp³-hybridized carbons (Fsp3) is 0.0435. The van der Waals surface area contributed by atoms with Crippen LogP contribution in [0.4, 0.5) is 10.1 Å². The predicted octanol–water partition coefficient (Wildman–Crippen LogP) is 2.94. The minimum atomic E-state index is -0.601. The average Bonchev–Trinajstić information content (AvgIpc) is 2.77. The van der Waals surface area contributed by atoms with E-state index in [1.54, 1.807) is 30.5 Å². The lowest BCUT2D eigenvalue weighted by atomic mass is 10.1. The minimum Gasteiger partial charge on any atom is -0.366 e. The molecule has 154 valence electrons. The molecular weight excluding hydrogens is 399 g/mol. The molecule has 3 N–H and O–H groups in total. The Kier molecular flexibility index (Phi) is 5.28. The van der Waals surface area contributed by atoms with E-state index in [1.807, 2.05) is 0 Å². The van der Waals surface area contributed by atoms with Crippen molar-refractivity contribution in [2.24, 2.45) is 5.73 Å². The summed E-state index contributed by atoms with van der Waals surface area (Å²) in [5.74, 6) is -1.56. The zero-order valence-corrected chi connectivity index (χ0v) is 16.2. The fourth-order valence-corrected chi connectivity index (χ4v) is 3.20. The van der Waals surface area contributed by atoms with Crippen molar-refractivity contribution in [3.63, 3.8) is 0 Å². The smallest absolute Gasteiger partial charge is 0.265 e. The van der Waals surface area contributed by atoms with Crippen molar-refractivity contribution in [1.82, 2.24) is 9.55 Å². The molecule has 0 fully saturated rings. The predicted molar refractivity (Wildman–Crippen MR) is 114 cm³/mol. The molecule has 0 spiro atoms. The summed E-state index contributed by atoms with van der Waals surface area (Å²) in [6, 6.07) is 16.7. The van der Waals surface area contributed by atoms with Crippen LogP contribution in [0.25, 0.3) is 11.0 Å². The standard InChI is InChI=1S/C23H17FN4O3/c24-17-7-3-14(4-8-17)13-28-21-16(2-1-11-26-21)12-19(23(28)31)22(30)27-18-9-5-15(6-10-18)20(25)29/h1-12H,13H2,(H2,25,29)(H,27,30). The molecule has 8 heteroatoms. The average molecular weight is 416 g/mol. The van der Waals surface area contributed by atoms with E-state index in [4.69, 9.17) is 5.73 Å². The molecule has 0 saturated heterocycles. The van der Waals surface area contributed by atoms with Gasteiger partial charge in [-0.1, -0.05) is 12.1 Å². The van der Waals surface area contributed by atoms with Gasteiger partial charge in [0.25, 0.3) is 11.5 Å². The van der Waals surface area contributed by atoms with E-state index in [0.717, 1.165) is 0 Å². The van der Waals surface area contributed by atoms with E-state index >= 15 is 0 Å². The molecule has 0 unspecified atom stereocenters. The first-order chi connectivity index (χ1) is 14.9. The van der Waals surface area contributed by atoms with Crippen LogP contribution in [0.5, 0.6) is 0 Å². The van der Waals surface area contributed by atoms with Crippen LogP contribution >= 0.6 is 0 Å². The second kappa shape index (κ2) is 8.19. The highest BCUT2D eigenvalue weighted by Crippen LogP contribution is 2.15. The lowest BCUT2D eigenvalue weighted by Crippen LogP contribution is -2.30. The van der Waals surface area contributed by atoms with Gasteiger partial charge in [-0.2, -0.15) is 0 Å². The number of pyridine rings is 2. The molecular formula is C23H17FN4O3. The monoisotopic (exact) mass is 416 g/mol. The van der Waals surface area contributed by atoms with Gasteiger partial charge >= 0.3 is 0 Å². The Morgan fingerprint density at radius 3 is 2.42 bits per heavy atom. The van der Waals surface area contributed by atoms with Crippen LogP contribution in [-0.2, 0) is 6.54 Å². The number of amides is 2. The number of hydrogen-bond donors (Lipinski definition) is 2. The van der Waals surface area contributed by atoms with Crippen molar-refractivity contribution in [2.75, 3.05) is 5.32 Å². The molecule has 0 bridgehead atoms. The van der Waals surface area contributed by atoms with Gasteiger partial charge in [-0.25, -0.2) is 9.37 Å². The Morgan fingerprint density at radius 1 is 1.03 bits per heavy atom. The van der Waals surface area contributed by atoms with Crippen molar-refractivity contribution in [3.8, 4) is 0 Å². The third-order valence-electron chi connectivity index (χ3n) is 4.77. The number of primary amides is 1. The summed E-state index contributed by atoms with van der Waals surface area (Å²) >= 11 is 0. The molecule has 0 radical (unpaired) electrons. The maximum absolute atomic E-state index is 13.2. The van der Waals surface area contributed by atoms with Gasteiger partial charge in [0, 0.05) is 22.8 Å². The molecule has 2 amide bonds. The number of benzene rings is 2. The van der Waals surface area contributed by atoms with Crippen LogP contribution in [0.2, 0.25) is 0 Å². The van der Waals surface area contributed by atoms with E-state index in [0.29, 0.717) is 27.8 Å². The molecule has 2 aromatic heterocycles. The zero-order valence-electron chi connectivity index (χ0n) is 16.2. The van der Waals surface area contributed by atoms with Gasteiger partial charge in [0.15, 0.2) is 0 Å². The van der Waals surface area contributed by atoms with Crippen LogP contribution in [0, 0.1) is 5.82 Å². The molecule has 2 aromatic carbocycles. The third kappa shape index (κ3) is 4.18. The number of fused-ring (bicyclic) bond motifs is 1. The number of aromatic nitrogens is 2. The number of nitrogens with zero attached hydrogens (tertiary/aromatic N) is 2. The van der Waals surface area contributed by atoms with Crippen molar-refractivity contribution in [3.05, 3.63) is 106 Å². The van der Waals surface area contributed by atoms with E-state index < -0.39 is 17.4 Å². The number of halogens is 1. The molecule has 0 atom stereocenters. The molecule has 0 aliphatic heterocycles. The molecule has 0 aliphatic rings. The fourth-order valence-electron chi connectivity index (χ4n) is 3.20. The Labute approximate surface area is 176 Å². The van der Waals surface area contributed by atoms with Crippen molar-refractivity contribution in [2.45, 2.75) is 6.54 Å². The summed E-state index contributed by atoms with van der Waals surface area (Å²) in [5, 5.41) is 3.26. The summed E-state index contributed by atoms with van der Waals surface area (Å²) < 4.78 is 14.6. The van der Waals surface area contributed by atoms with Crippen molar-refractivity contribution in [1.29, 1.82) is 0 Å². The van der Waals surface area contributed by atoms with Gasteiger partial charge in [-0.05, 0) is 60.2 Å². The highest BCUT2D eigenvalue weighted by molar-refractivity contribution is 6.05. The van der Waals surface area contributed by atoms with Crippen LogP contribution in [0.3, 0.4) is 0 Å². The first-order valence-electron chi connectivity index (χ1n) is 9.36. The molecule has 0 saturated carbocycles. The lowest BCUT2D eigenvalue weighted by Gasteiger charge is -2.13. The van der Waals surface area contributed by atoms with Gasteiger partial charge < -0.3 is 11.1 Å². The Balaban J connectivity index is 1.73. The summed E-state index contributed by atoms with van der Waals surface area (Å²) in [5.41, 5.74) is 6.44. The molecule has 4 rings (SSSR count). The van der Waals surface area contributed by atoms with E-state index in [1.165, 1.54) is 47.0 Å². The van der Waals surface area contributed by atoms with Gasteiger partial charge in [-0.15, -0.1) is 0 Å². The van der Waals surface area contributed by atoms with Crippen LogP contribution in [0.1, 0.15) is 26.3 Å². The van der Waals surface area contributed by atoms with Crippen molar-refractivity contribution >= 4 is 28.5 Å². The molecule has 2 heterocycles. The van der Waals surface area contributed by atoms with Crippen LogP contribution < -0.4 is 16.6 Å². The number of rotatable bonds is 5. The Bertz CT molecular complexity index is 1350. The summed E-state index contributed by atoms with van der Waals surface area (Å²) in [6.45, 7) is 0.126. The van der Waals surface area contributed by atoms with E-state index in [2.05, 4.69) is 10.3 Å². The first kappa shape index (κ1) is 20.0. The van der Waals surface area contributed by atoms with Crippen LogP contribution in [0.15, 0.2) is 77.7 Å². The summed E-state index contributed by atoms with van der Waals surface area (Å²) in [6.07, 6.45) is 1.56. The number of carbonyl (C=O) groups is 2. The number of nitrogens with one attached hydrogen (secondary N) is 1. The topological polar surface area (TPSA) is 107 Å². The molecule has 31 heavy (non-hydrogen) atoms. The number of anilines is 1. The highest BCUT2D eigenvalue weighted by atomic mass is 19.1. The van der Waals surface area contributed by atoms with Gasteiger partial charge in [0.2, 0.25) is 5.91 Å². The highest BCUT2D eigenvalue weighted by Gasteiger charge is 2.17. The largest absolute Gasteiger partial charge is 0.366 e. The van der Waals surface area contributed by atoms with E-state index in [-0.39, 0.29) is 17.9 Å². The normalized spacial score (nSPS) is 10.7. The molecule has 0 aliphatic carbocycles. The molecule has 7 nitrogen and oxygen atoms in total. The second-order valence-corrected chi connectivity index (χ2v) is 6.89. The number of hydrogen-bond acceptors (Lipinski definition) is 4. The van der Waals surface area contributed by atoms with Gasteiger partial charge in [0.05, 0.1) is 6.54 Å². The van der Waals surface area contributed by atoms with Crippen LogP contribution in [-0.4, -0.2) is 21.4 Å². The SMILES string of the molecule is NC(=O)c1ccc(NC(=O)c2cc3cccnc3n(Cc3ccc(F)cc3)c2=O)cc1. The van der Waals surface area contributed by atoms with E-state index in [9.17, 15) is 18.8 Å². The third-order valence-corrected chi connectivity index (χ3v) is 4.77. The number of nitrogens with two attached hydrogens (primary N) is 1. The zero-order chi connectivity index (χ0) is 22.0. The van der Waals surface area contributed by atoms with Gasteiger partial charge in [0.1, 0.15) is 17.0 Å².